The number of hydrogen-bond donors (Lipinski definition) is 1. The van der Waals surface area contributed by atoms with E-state index in [1.807, 2.05) is 24.3 Å². The zero-order chi connectivity index (χ0) is 24.2. The van der Waals surface area contributed by atoms with Gasteiger partial charge in [0.2, 0.25) is 0 Å². The summed E-state index contributed by atoms with van der Waals surface area (Å²) in [5, 5.41) is 12.8. The molecular formula is C26H26ClFN6O. The summed E-state index contributed by atoms with van der Waals surface area (Å²) in [5.74, 6) is 0.385. The van der Waals surface area contributed by atoms with Gasteiger partial charge in [-0.25, -0.2) is 4.39 Å². The van der Waals surface area contributed by atoms with Crippen LogP contribution >= 0.6 is 11.6 Å². The minimum atomic E-state index is -0.407. The van der Waals surface area contributed by atoms with Gasteiger partial charge in [0.25, 0.3) is 0 Å². The molecule has 5 rings (SSSR count). The fourth-order valence-corrected chi connectivity index (χ4v) is 4.28. The van der Waals surface area contributed by atoms with Crippen LogP contribution in [0.1, 0.15) is 0 Å². The summed E-state index contributed by atoms with van der Waals surface area (Å²) in [4.78, 5) is 9.28. The molecule has 1 fully saturated rings. The first-order valence-corrected chi connectivity index (χ1v) is 11.9. The van der Waals surface area contributed by atoms with Gasteiger partial charge in [-0.3, -0.25) is 9.88 Å². The lowest BCUT2D eigenvalue weighted by atomic mass is 10.1. The minimum Gasteiger partial charge on any atom is -0.492 e. The monoisotopic (exact) mass is 492 g/mol. The molecule has 1 saturated heterocycles. The summed E-state index contributed by atoms with van der Waals surface area (Å²) in [6, 6.07) is 13.9. The zero-order valence-corrected chi connectivity index (χ0v) is 20.2. The molecule has 0 amide bonds. The topological polar surface area (TPSA) is 66.4 Å². The average Bonchev–Trinajstić information content (AvgIpc) is 2.87. The van der Waals surface area contributed by atoms with Crippen LogP contribution in [0.2, 0.25) is 5.02 Å². The van der Waals surface area contributed by atoms with Crippen molar-refractivity contribution in [2.45, 2.75) is 0 Å². The van der Waals surface area contributed by atoms with Crippen molar-refractivity contribution < 1.29 is 9.13 Å². The van der Waals surface area contributed by atoms with Crippen molar-refractivity contribution in [2.24, 2.45) is 0 Å². The van der Waals surface area contributed by atoms with Crippen LogP contribution in [0.5, 0.6) is 5.75 Å². The van der Waals surface area contributed by atoms with Crippen molar-refractivity contribution in [2.75, 3.05) is 51.7 Å². The van der Waals surface area contributed by atoms with Crippen molar-refractivity contribution in [1.82, 2.24) is 25.0 Å². The lowest BCUT2D eigenvalue weighted by Gasteiger charge is -2.32. The molecule has 3 heterocycles. The Morgan fingerprint density at radius 1 is 1.06 bits per heavy atom. The standard InChI is InChI=1S/C26H26ClFN6O/c1-33-8-10-34(11-9-33)12-13-35-20-3-4-21-24(6-7-29-25(21)16-20)31-19-15-26(32-30-17-19)22-14-18(27)2-5-23(22)28/h2-7,14-17H,8-13H2,1H3,(H,29,31,32). The third-order valence-electron chi connectivity index (χ3n) is 6.12. The Balaban J connectivity index is 1.29. The maximum Gasteiger partial charge on any atom is 0.132 e. The van der Waals surface area contributed by atoms with Crippen molar-refractivity contribution in [3.8, 4) is 17.0 Å². The number of likely N-dealkylation sites (N-methyl/N-ethyl adjacent to an activating group) is 1. The Hall–Kier alpha value is -3.33. The molecule has 35 heavy (non-hydrogen) atoms. The van der Waals surface area contributed by atoms with E-state index in [9.17, 15) is 4.39 Å². The van der Waals surface area contributed by atoms with Gasteiger partial charge in [0, 0.05) is 66.6 Å². The molecule has 0 bridgehead atoms. The van der Waals surface area contributed by atoms with Gasteiger partial charge in [0.15, 0.2) is 0 Å². The third-order valence-corrected chi connectivity index (χ3v) is 6.36. The smallest absolute Gasteiger partial charge is 0.132 e. The highest BCUT2D eigenvalue weighted by Gasteiger charge is 2.14. The Morgan fingerprint density at radius 3 is 2.77 bits per heavy atom. The van der Waals surface area contributed by atoms with Crippen molar-refractivity contribution in [3.05, 3.63) is 71.8 Å². The van der Waals surface area contributed by atoms with Gasteiger partial charge in [-0.15, -0.1) is 0 Å². The van der Waals surface area contributed by atoms with Crippen LogP contribution < -0.4 is 10.1 Å². The van der Waals surface area contributed by atoms with E-state index in [0.29, 0.717) is 28.6 Å². The van der Waals surface area contributed by atoms with Gasteiger partial charge in [0.05, 0.1) is 23.1 Å². The second-order valence-electron chi connectivity index (χ2n) is 8.61. The molecule has 1 aliphatic heterocycles. The molecule has 2 aromatic carbocycles. The van der Waals surface area contributed by atoms with Crippen LogP contribution in [0.25, 0.3) is 22.2 Å². The largest absolute Gasteiger partial charge is 0.492 e. The zero-order valence-electron chi connectivity index (χ0n) is 19.4. The van der Waals surface area contributed by atoms with E-state index < -0.39 is 5.82 Å². The predicted molar refractivity (Wildman–Crippen MR) is 137 cm³/mol. The number of anilines is 2. The Morgan fingerprint density at radius 2 is 1.91 bits per heavy atom. The molecule has 7 nitrogen and oxygen atoms in total. The van der Waals surface area contributed by atoms with Gasteiger partial charge in [-0.2, -0.15) is 10.2 Å². The summed E-state index contributed by atoms with van der Waals surface area (Å²) in [5.41, 5.74) is 3.03. The van der Waals surface area contributed by atoms with Crippen molar-refractivity contribution in [3.63, 3.8) is 0 Å². The highest BCUT2D eigenvalue weighted by molar-refractivity contribution is 6.30. The Kier molecular flexibility index (Phi) is 7.03. The molecule has 0 saturated carbocycles. The first-order valence-electron chi connectivity index (χ1n) is 11.5. The second-order valence-corrected chi connectivity index (χ2v) is 9.05. The number of aromatic nitrogens is 3. The highest BCUT2D eigenvalue weighted by Crippen LogP contribution is 2.30. The fraction of sp³-hybridized carbons (Fsp3) is 0.269. The summed E-state index contributed by atoms with van der Waals surface area (Å²) in [6.45, 7) is 5.88. The van der Waals surface area contributed by atoms with E-state index in [4.69, 9.17) is 16.3 Å². The van der Waals surface area contributed by atoms with E-state index in [1.165, 1.54) is 18.2 Å². The van der Waals surface area contributed by atoms with Crippen LogP contribution in [0, 0.1) is 5.82 Å². The lowest BCUT2D eigenvalue weighted by Crippen LogP contribution is -2.45. The fourth-order valence-electron chi connectivity index (χ4n) is 4.11. The number of halogens is 2. The normalized spacial score (nSPS) is 14.8. The van der Waals surface area contributed by atoms with Gasteiger partial charge in [0.1, 0.15) is 18.2 Å². The molecule has 0 unspecified atom stereocenters. The second kappa shape index (κ2) is 10.5. The van der Waals surface area contributed by atoms with E-state index >= 15 is 0 Å². The van der Waals surface area contributed by atoms with Gasteiger partial charge >= 0.3 is 0 Å². The number of fused-ring (bicyclic) bond motifs is 1. The molecular weight excluding hydrogens is 467 g/mol. The first kappa shape index (κ1) is 23.4. The summed E-state index contributed by atoms with van der Waals surface area (Å²) in [7, 11) is 2.16. The molecule has 0 spiro atoms. The molecule has 0 atom stereocenters. The van der Waals surface area contributed by atoms with Crippen LogP contribution in [-0.2, 0) is 0 Å². The summed E-state index contributed by atoms with van der Waals surface area (Å²) >= 11 is 6.04. The molecule has 1 aliphatic rings. The van der Waals surface area contributed by atoms with Crippen LogP contribution in [-0.4, -0.2) is 71.4 Å². The van der Waals surface area contributed by atoms with Gasteiger partial charge in [-0.1, -0.05) is 11.6 Å². The Labute approximate surface area is 208 Å². The minimum absolute atomic E-state index is 0.298. The van der Waals surface area contributed by atoms with Gasteiger partial charge in [-0.05, 0) is 49.5 Å². The van der Waals surface area contributed by atoms with Crippen LogP contribution in [0.4, 0.5) is 15.8 Å². The Bertz CT molecular complexity index is 1330. The molecule has 0 radical (unpaired) electrons. The predicted octanol–water partition coefficient (Wildman–Crippen LogP) is 4.85. The molecule has 4 aromatic rings. The lowest BCUT2D eigenvalue weighted by molar-refractivity contribution is 0.134. The van der Waals surface area contributed by atoms with E-state index in [2.05, 4.69) is 37.3 Å². The van der Waals surface area contributed by atoms with Crippen LogP contribution in [0.3, 0.4) is 0 Å². The molecule has 1 N–H and O–H groups in total. The van der Waals surface area contributed by atoms with E-state index in [-0.39, 0.29) is 0 Å². The van der Waals surface area contributed by atoms with Gasteiger partial charge < -0.3 is 15.0 Å². The maximum atomic E-state index is 14.3. The summed E-state index contributed by atoms with van der Waals surface area (Å²) in [6.07, 6.45) is 3.33. The number of nitrogens with zero attached hydrogens (tertiary/aromatic N) is 5. The number of rotatable bonds is 7. The van der Waals surface area contributed by atoms with Crippen molar-refractivity contribution >= 4 is 33.9 Å². The summed E-state index contributed by atoms with van der Waals surface area (Å²) < 4.78 is 20.3. The molecule has 2 aromatic heterocycles. The number of nitrogens with one attached hydrogen (secondary N) is 1. The van der Waals surface area contributed by atoms with Crippen LogP contribution in [0.15, 0.2) is 60.9 Å². The third kappa shape index (κ3) is 5.67. The highest BCUT2D eigenvalue weighted by atomic mass is 35.5. The maximum absolute atomic E-state index is 14.3. The quantitative estimate of drug-likeness (QED) is 0.395. The number of hydrogen-bond acceptors (Lipinski definition) is 7. The average molecular weight is 493 g/mol. The van der Waals surface area contributed by atoms with E-state index in [0.717, 1.165) is 55.1 Å². The first-order chi connectivity index (χ1) is 17.0. The molecule has 0 aliphatic carbocycles. The van der Waals surface area contributed by atoms with Crippen molar-refractivity contribution in [1.29, 1.82) is 0 Å². The number of ether oxygens (including phenoxy) is 1. The SMILES string of the molecule is CN1CCN(CCOc2ccc3c(Nc4cnnc(-c5cc(Cl)ccc5F)c4)ccnc3c2)CC1. The number of pyridine rings is 1. The van der Waals surface area contributed by atoms with E-state index in [1.54, 1.807) is 18.5 Å². The number of benzene rings is 2. The number of piperazine rings is 1. The molecule has 180 valence electrons. The molecule has 9 heteroatoms.